The number of carbonyl (C=O) groups excluding carboxylic acids is 1. The molecule has 5 nitrogen and oxygen atoms in total. The first-order valence-corrected chi connectivity index (χ1v) is 5.57. The van der Waals surface area contributed by atoms with Crippen molar-refractivity contribution < 1.29 is 22.9 Å². The number of carbonyl (C=O) groups is 1. The number of ketones is 1. The molecule has 76 valence electrons. The molecule has 6 heteroatoms. The number of rotatable bonds is 3. The fraction of sp³-hybridized carbons (Fsp3) is 0.857. The van der Waals surface area contributed by atoms with Crippen LogP contribution in [0.15, 0.2) is 0 Å². The molecule has 1 aliphatic rings. The lowest BCUT2D eigenvalue weighted by Gasteiger charge is -2.16. The van der Waals surface area contributed by atoms with Gasteiger partial charge in [-0.25, -0.2) is 0 Å². The van der Waals surface area contributed by atoms with Crippen LogP contribution in [0.2, 0.25) is 0 Å². The third kappa shape index (κ3) is 2.26. The van der Waals surface area contributed by atoms with Gasteiger partial charge < -0.3 is 5.11 Å². The van der Waals surface area contributed by atoms with Crippen molar-refractivity contribution in [1.29, 1.82) is 0 Å². The van der Waals surface area contributed by atoms with Gasteiger partial charge in [0, 0.05) is 12.3 Å². The van der Waals surface area contributed by atoms with E-state index in [-0.39, 0.29) is 5.78 Å². The molecule has 1 rings (SSSR count). The van der Waals surface area contributed by atoms with Crippen molar-refractivity contribution in [1.82, 2.24) is 0 Å². The van der Waals surface area contributed by atoms with Crippen LogP contribution in [0.3, 0.4) is 0 Å². The van der Waals surface area contributed by atoms with Gasteiger partial charge in [0.05, 0.1) is 6.61 Å². The molecule has 0 aliphatic heterocycles. The molecule has 2 N–H and O–H groups in total. The lowest BCUT2D eigenvalue weighted by molar-refractivity contribution is -0.121. The zero-order valence-corrected chi connectivity index (χ0v) is 7.83. The zero-order chi connectivity index (χ0) is 10.1. The Morgan fingerprint density at radius 1 is 1.54 bits per heavy atom. The summed E-state index contributed by atoms with van der Waals surface area (Å²) in [6, 6.07) is 0. The van der Waals surface area contributed by atoms with Crippen molar-refractivity contribution in [2.75, 3.05) is 6.61 Å². The SMILES string of the molecule is O=C1CCCC1C(CO)S(=O)(=O)O. The van der Waals surface area contributed by atoms with Crippen LogP contribution in [0, 0.1) is 5.92 Å². The Bertz CT molecular complexity index is 294. The molecule has 1 saturated carbocycles. The lowest BCUT2D eigenvalue weighted by Crippen LogP contribution is -2.35. The van der Waals surface area contributed by atoms with Gasteiger partial charge in [-0.2, -0.15) is 8.42 Å². The summed E-state index contributed by atoms with van der Waals surface area (Å²) in [5.41, 5.74) is 0. The minimum absolute atomic E-state index is 0.184. The average molecular weight is 208 g/mol. The second kappa shape index (κ2) is 3.73. The summed E-state index contributed by atoms with van der Waals surface area (Å²) in [4.78, 5) is 11.1. The minimum Gasteiger partial charge on any atom is -0.395 e. The van der Waals surface area contributed by atoms with E-state index in [0.717, 1.165) is 0 Å². The smallest absolute Gasteiger partial charge is 0.270 e. The van der Waals surface area contributed by atoms with Crippen LogP contribution < -0.4 is 0 Å². The number of hydrogen-bond donors (Lipinski definition) is 2. The summed E-state index contributed by atoms with van der Waals surface area (Å²) < 4.78 is 30.2. The zero-order valence-electron chi connectivity index (χ0n) is 7.01. The standard InChI is InChI=1S/C7H12O5S/c8-4-7(13(10,11)12)5-2-1-3-6(5)9/h5,7-8H,1-4H2,(H,10,11,12). The summed E-state index contributed by atoms with van der Waals surface area (Å²) in [6.45, 7) is -0.699. The fourth-order valence-electron chi connectivity index (χ4n) is 1.66. The van der Waals surface area contributed by atoms with E-state index in [1.165, 1.54) is 0 Å². The normalized spacial score (nSPS) is 26.3. The summed E-state index contributed by atoms with van der Waals surface area (Å²) in [7, 11) is -4.30. The monoisotopic (exact) mass is 208 g/mol. The average Bonchev–Trinajstić information content (AvgIpc) is 2.35. The minimum atomic E-state index is -4.30. The lowest BCUT2D eigenvalue weighted by atomic mass is 10.0. The van der Waals surface area contributed by atoms with Gasteiger partial charge in [0.1, 0.15) is 11.0 Å². The first kappa shape index (κ1) is 10.6. The van der Waals surface area contributed by atoms with Crippen LogP contribution in [0.1, 0.15) is 19.3 Å². The fourth-order valence-corrected chi connectivity index (χ4v) is 2.56. The van der Waals surface area contributed by atoms with E-state index in [2.05, 4.69) is 0 Å². The molecule has 0 saturated heterocycles. The maximum Gasteiger partial charge on any atom is 0.270 e. The number of hydrogen-bond acceptors (Lipinski definition) is 4. The second-order valence-electron chi connectivity index (χ2n) is 3.20. The summed E-state index contributed by atoms with van der Waals surface area (Å²) >= 11 is 0. The molecule has 0 aromatic heterocycles. The highest BCUT2D eigenvalue weighted by molar-refractivity contribution is 7.86. The van der Waals surface area contributed by atoms with Crippen LogP contribution >= 0.6 is 0 Å². The Morgan fingerprint density at radius 3 is 2.46 bits per heavy atom. The van der Waals surface area contributed by atoms with Crippen molar-refractivity contribution in [3.05, 3.63) is 0 Å². The van der Waals surface area contributed by atoms with Gasteiger partial charge in [-0.05, 0) is 12.8 Å². The Kier molecular flexibility index (Phi) is 3.05. The quantitative estimate of drug-likeness (QED) is 0.616. The van der Waals surface area contributed by atoms with E-state index >= 15 is 0 Å². The summed E-state index contributed by atoms with van der Waals surface area (Å²) in [5, 5.41) is 7.42. The van der Waals surface area contributed by atoms with Crippen molar-refractivity contribution >= 4 is 15.9 Å². The third-order valence-electron chi connectivity index (χ3n) is 2.36. The van der Waals surface area contributed by atoms with Gasteiger partial charge >= 0.3 is 0 Å². The van der Waals surface area contributed by atoms with Crippen LogP contribution in [0.5, 0.6) is 0 Å². The van der Waals surface area contributed by atoms with Gasteiger partial charge in [-0.1, -0.05) is 0 Å². The molecule has 0 aromatic carbocycles. The molecule has 2 unspecified atom stereocenters. The molecule has 1 aliphatic carbocycles. The van der Waals surface area contributed by atoms with E-state index in [1.807, 2.05) is 0 Å². The molecule has 1 fully saturated rings. The van der Waals surface area contributed by atoms with Gasteiger partial charge in [0.25, 0.3) is 10.1 Å². The van der Waals surface area contributed by atoms with Crippen molar-refractivity contribution in [2.45, 2.75) is 24.5 Å². The van der Waals surface area contributed by atoms with Gasteiger partial charge in [-0.15, -0.1) is 0 Å². The van der Waals surface area contributed by atoms with E-state index in [0.29, 0.717) is 19.3 Å². The molecule has 2 atom stereocenters. The van der Waals surface area contributed by atoms with Gasteiger partial charge in [0.2, 0.25) is 0 Å². The van der Waals surface area contributed by atoms with E-state index in [4.69, 9.17) is 9.66 Å². The molecule has 0 radical (unpaired) electrons. The predicted octanol–water partition coefficient (Wildman–Crippen LogP) is -0.396. The summed E-state index contributed by atoms with van der Waals surface area (Å²) in [5.74, 6) is -0.906. The maximum atomic E-state index is 11.1. The predicted molar refractivity (Wildman–Crippen MR) is 44.8 cm³/mol. The largest absolute Gasteiger partial charge is 0.395 e. The van der Waals surface area contributed by atoms with Gasteiger partial charge in [-0.3, -0.25) is 9.35 Å². The molecule has 0 aromatic rings. The first-order chi connectivity index (χ1) is 5.96. The Labute approximate surface area is 76.5 Å². The van der Waals surface area contributed by atoms with Crippen LogP contribution in [0.25, 0.3) is 0 Å². The molecule has 0 amide bonds. The number of Topliss-reactive ketones (excluding diaryl/α,β-unsaturated/α-hetero) is 1. The maximum absolute atomic E-state index is 11.1. The topological polar surface area (TPSA) is 91.7 Å². The van der Waals surface area contributed by atoms with Crippen LogP contribution in [-0.2, 0) is 14.9 Å². The molecule has 0 spiro atoms. The molecule has 13 heavy (non-hydrogen) atoms. The van der Waals surface area contributed by atoms with Crippen LogP contribution in [0.4, 0.5) is 0 Å². The third-order valence-corrected chi connectivity index (χ3v) is 3.61. The number of aliphatic hydroxyl groups excluding tert-OH is 1. The molecule has 0 heterocycles. The summed E-state index contributed by atoms with van der Waals surface area (Å²) in [6.07, 6.45) is 1.41. The van der Waals surface area contributed by atoms with E-state index < -0.39 is 27.9 Å². The first-order valence-electron chi connectivity index (χ1n) is 4.06. The number of aliphatic hydroxyl groups is 1. The molecule has 0 bridgehead atoms. The van der Waals surface area contributed by atoms with Crippen molar-refractivity contribution in [3.8, 4) is 0 Å². The Hall–Kier alpha value is -0.460. The van der Waals surface area contributed by atoms with E-state index in [1.54, 1.807) is 0 Å². The highest BCUT2D eigenvalue weighted by atomic mass is 32.2. The van der Waals surface area contributed by atoms with Crippen molar-refractivity contribution in [2.24, 2.45) is 5.92 Å². The highest BCUT2D eigenvalue weighted by Crippen LogP contribution is 2.27. The second-order valence-corrected chi connectivity index (χ2v) is 4.84. The highest BCUT2D eigenvalue weighted by Gasteiger charge is 2.38. The molecular weight excluding hydrogens is 196 g/mol. The van der Waals surface area contributed by atoms with E-state index in [9.17, 15) is 13.2 Å². The van der Waals surface area contributed by atoms with Crippen molar-refractivity contribution in [3.63, 3.8) is 0 Å². The Balaban J connectivity index is 2.84. The molecular formula is C7H12O5S. The van der Waals surface area contributed by atoms with Crippen LogP contribution in [-0.4, -0.2) is 35.7 Å². The Morgan fingerprint density at radius 2 is 2.15 bits per heavy atom. The van der Waals surface area contributed by atoms with Gasteiger partial charge in [0.15, 0.2) is 0 Å².